The first-order chi connectivity index (χ1) is 16.7. The molecule has 0 unspecified atom stereocenters. The smallest absolute Gasteiger partial charge is 0.0771 e. The van der Waals surface area contributed by atoms with Crippen molar-refractivity contribution in [3.8, 4) is 0 Å². The fourth-order valence-corrected chi connectivity index (χ4v) is 10.1. The lowest BCUT2D eigenvalue weighted by molar-refractivity contribution is 0.580. The molecule has 0 nitrogen and oxygen atoms in total. The van der Waals surface area contributed by atoms with Crippen molar-refractivity contribution in [2.24, 2.45) is 0 Å². The molecule has 0 aliphatic rings. The Morgan fingerprint density at radius 3 is 0.853 bits per heavy atom. The molecule has 0 amide bonds. The second kappa shape index (κ2) is 27.8. The summed E-state index contributed by atoms with van der Waals surface area (Å²) >= 11 is 0. The molecule has 0 heterocycles. The summed E-state index contributed by atoms with van der Waals surface area (Å²) in [6.45, 7) is 11.2. The minimum absolute atomic E-state index is 0.813. The van der Waals surface area contributed by atoms with Crippen LogP contribution < -0.4 is 0 Å². The molecule has 0 rings (SSSR count). The maximum Gasteiger partial charge on any atom is 0.0771 e. The highest BCUT2D eigenvalue weighted by Gasteiger charge is 2.34. The van der Waals surface area contributed by atoms with E-state index in [4.69, 9.17) is 0 Å². The number of rotatable bonds is 29. The van der Waals surface area contributed by atoms with Gasteiger partial charge in [0.2, 0.25) is 0 Å². The van der Waals surface area contributed by atoms with Crippen LogP contribution in [0.4, 0.5) is 0 Å². The van der Waals surface area contributed by atoms with E-state index < -0.39 is 7.26 Å². The van der Waals surface area contributed by atoms with Crippen molar-refractivity contribution >= 4 is 7.26 Å². The predicted molar refractivity (Wildman–Crippen MR) is 164 cm³/mol. The van der Waals surface area contributed by atoms with Crippen molar-refractivity contribution in [1.29, 1.82) is 0 Å². The minimum atomic E-state index is -0.813. The van der Waals surface area contributed by atoms with E-state index in [9.17, 15) is 0 Å². The molecule has 0 aromatic carbocycles. The molecule has 0 saturated carbocycles. The van der Waals surface area contributed by atoms with Gasteiger partial charge in [-0.25, -0.2) is 0 Å². The molecule has 0 bridgehead atoms. The van der Waals surface area contributed by atoms with E-state index >= 15 is 0 Å². The summed E-state index contributed by atoms with van der Waals surface area (Å²) in [6, 6.07) is 0. The zero-order valence-corrected chi connectivity index (χ0v) is 25.4. The second-order valence-electron chi connectivity index (χ2n) is 11.4. The lowest BCUT2D eigenvalue weighted by Gasteiger charge is -2.27. The van der Waals surface area contributed by atoms with Crippen molar-refractivity contribution in [2.45, 2.75) is 175 Å². The van der Waals surface area contributed by atoms with Gasteiger partial charge in [0, 0.05) is 7.26 Å². The lowest BCUT2D eigenvalue weighted by Crippen LogP contribution is -2.12. The first kappa shape index (κ1) is 34.2. The Hall–Kier alpha value is 0.170. The molecule has 0 saturated heterocycles. The van der Waals surface area contributed by atoms with Gasteiger partial charge in [-0.1, -0.05) is 149 Å². The van der Waals surface area contributed by atoms with Gasteiger partial charge in [-0.15, -0.1) is 0 Å². The summed E-state index contributed by atoms with van der Waals surface area (Å²) < 4.78 is 0. The fourth-order valence-electron chi connectivity index (χ4n) is 5.63. The summed E-state index contributed by atoms with van der Waals surface area (Å²) in [5, 5.41) is 0. The molecule has 0 N–H and O–H groups in total. The van der Waals surface area contributed by atoms with Crippen LogP contribution in [0.3, 0.4) is 0 Å². The van der Waals surface area contributed by atoms with Crippen LogP contribution in [0.2, 0.25) is 0 Å². The van der Waals surface area contributed by atoms with E-state index in [2.05, 4.69) is 33.4 Å². The Balaban J connectivity index is 4.39. The van der Waals surface area contributed by atoms with E-state index in [1.54, 1.807) is 18.5 Å². The third-order valence-corrected chi connectivity index (χ3v) is 12.8. The predicted octanol–water partition coefficient (Wildman–Crippen LogP) is 12.6. The zero-order chi connectivity index (χ0) is 25.0. The van der Waals surface area contributed by atoms with Crippen molar-refractivity contribution < 1.29 is 0 Å². The van der Waals surface area contributed by atoms with Gasteiger partial charge in [-0.2, -0.15) is 0 Å². The Bertz CT molecular complexity index is 338. The van der Waals surface area contributed by atoms with Crippen LogP contribution in [0.1, 0.15) is 175 Å². The molecule has 0 spiro atoms. The summed E-state index contributed by atoms with van der Waals surface area (Å²) in [7, 11) is -0.813. The van der Waals surface area contributed by atoms with Gasteiger partial charge in [0.15, 0.2) is 0 Å². The minimum Gasteiger partial charge on any atom is -0.0995 e. The van der Waals surface area contributed by atoms with Crippen LogP contribution >= 0.6 is 7.26 Å². The SMILES string of the molecule is C=CC[P+](CCCCCCCCCC)(CCCCCCCCCC)CCCCCCCCCC. The van der Waals surface area contributed by atoms with Gasteiger partial charge < -0.3 is 0 Å². The normalized spacial score (nSPS) is 11.9. The molecule has 0 aromatic rings. The fraction of sp³-hybridized carbons (Fsp3) is 0.939. The first-order valence-electron chi connectivity index (χ1n) is 16.2. The molecule has 0 aliphatic carbocycles. The monoisotopic (exact) mass is 496 g/mol. The molecule has 0 fully saturated rings. The van der Waals surface area contributed by atoms with E-state index in [1.807, 2.05) is 0 Å². The lowest BCUT2D eigenvalue weighted by atomic mass is 10.1. The summed E-state index contributed by atoms with van der Waals surface area (Å²) in [6.07, 6.45) is 43.4. The Labute approximate surface area is 219 Å². The van der Waals surface area contributed by atoms with Gasteiger partial charge in [-0.3, -0.25) is 0 Å². The van der Waals surface area contributed by atoms with Crippen LogP contribution in [-0.4, -0.2) is 24.6 Å². The first-order valence-corrected chi connectivity index (χ1v) is 18.7. The molecular formula is C33H68P+. The molecule has 34 heavy (non-hydrogen) atoms. The van der Waals surface area contributed by atoms with Gasteiger partial charge in [0.25, 0.3) is 0 Å². The number of hydrogen-bond acceptors (Lipinski definition) is 0. The number of hydrogen-bond donors (Lipinski definition) is 0. The van der Waals surface area contributed by atoms with Crippen molar-refractivity contribution in [3.05, 3.63) is 12.7 Å². The van der Waals surface area contributed by atoms with Crippen LogP contribution in [0.15, 0.2) is 12.7 Å². The maximum absolute atomic E-state index is 4.23. The Kier molecular flexibility index (Phi) is 27.9. The maximum atomic E-state index is 4.23. The standard InChI is InChI=1S/C33H68P/c1-5-9-12-15-18-21-24-27-31-34(30-8-4,32-28-25-22-19-16-13-10-6-2)33-29-26-23-20-17-14-11-7-3/h8H,4-7,9-33H2,1-3H3/q+1. The molecule has 1 heteroatoms. The number of allylic oxidation sites excluding steroid dienone is 1. The molecule has 0 aliphatic heterocycles. The van der Waals surface area contributed by atoms with Crippen LogP contribution in [0.25, 0.3) is 0 Å². The number of unbranched alkanes of at least 4 members (excludes halogenated alkanes) is 21. The molecule has 0 atom stereocenters. The van der Waals surface area contributed by atoms with Gasteiger partial charge in [-0.05, 0) is 38.5 Å². The average molecular weight is 496 g/mol. The third kappa shape index (κ3) is 22.6. The molecule has 0 radical (unpaired) electrons. The summed E-state index contributed by atoms with van der Waals surface area (Å²) in [4.78, 5) is 0. The van der Waals surface area contributed by atoms with E-state index in [0.29, 0.717) is 0 Å². The average Bonchev–Trinajstić information content (AvgIpc) is 2.84. The highest BCUT2D eigenvalue weighted by atomic mass is 31.2. The van der Waals surface area contributed by atoms with Crippen LogP contribution in [0.5, 0.6) is 0 Å². The van der Waals surface area contributed by atoms with Crippen LogP contribution in [0, 0.1) is 0 Å². The topological polar surface area (TPSA) is 0 Å². The van der Waals surface area contributed by atoms with Crippen LogP contribution in [-0.2, 0) is 0 Å². The highest BCUT2D eigenvalue weighted by Crippen LogP contribution is 2.60. The molecule has 204 valence electrons. The third-order valence-electron chi connectivity index (χ3n) is 7.97. The zero-order valence-electron chi connectivity index (χ0n) is 24.5. The van der Waals surface area contributed by atoms with Gasteiger partial charge >= 0.3 is 0 Å². The van der Waals surface area contributed by atoms with E-state index in [-0.39, 0.29) is 0 Å². The second-order valence-corrected chi connectivity index (χ2v) is 15.8. The molecule has 0 aromatic heterocycles. The van der Waals surface area contributed by atoms with E-state index in [0.717, 1.165) is 0 Å². The highest BCUT2D eigenvalue weighted by molar-refractivity contribution is 7.76. The summed E-state index contributed by atoms with van der Waals surface area (Å²) in [5.74, 6) is 0. The summed E-state index contributed by atoms with van der Waals surface area (Å²) in [5.41, 5.74) is 0. The Morgan fingerprint density at radius 2 is 0.618 bits per heavy atom. The largest absolute Gasteiger partial charge is 0.0995 e. The molecular weight excluding hydrogens is 427 g/mol. The van der Waals surface area contributed by atoms with Crippen molar-refractivity contribution in [3.63, 3.8) is 0 Å². The van der Waals surface area contributed by atoms with Crippen molar-refractivity contribution in [1.82, 2.24) is 0 Å². The van der Waals surface area contributed by atoms with Gasteiger partial charge in [0.1, 0.15) is 0 Å². The quantitative estimate of drug-likeness (QED) is 0.0549. The van der Waals surface area contributed by atoms with Crippen molar-refractivity contribution in [2.75, 3.05) is 24.6 Å². The van der Waals surface area contributed by atoms with E-state index in [1.165, 1.54) is 160 Å². The Morgan fingerprint density at radius 1 is 0.382 bits per heavy atom. The van der Waals surface area contributed by atoms with Gasteiger partial charge in [0.05, 0.1) is 24.6 Å².